The van der Waals surface area contributed by atoms with E-state index >= 15 is 0 Å². The minimum atomic E-state index is -4.72. The van der Waals surface area contributed by atoms with Gasteiger partial charge in [0.15, 0.2) is 5.16 Å². The first-order valence-electron chi connectivity index (χ1n) is 5.86. The molecule has 0 amide bonds. The highest BCUT2D eigenvalue weighted by Gasteiger charge is 2.31. The van der Waals surface area contributed by atoms with Crippen LogP contribution >= 0.6 is 11.8 Å². The van der Waals surface area contributed by atoms with E-state index in [1.54, 1.807) is 11.6 Å². The molecule has 2 aromatic rings. The van der Waals surface area contributed by atoms with Crippen molar-refractivity contribution in [3.63, 3.8) is 0 Å². The van der Waals surface area contributed by atoms with E-state index in [2.05, 4.69) is 14.9 Å². The predicted molar refractivity (Wildman–Crippen MR) is 69.8 cm³/mol. The van der Waals surface area contributed by atoms with Crippen molar-refractivity contribution >= 4 is 11.8 Å². The molecule has 21 heavy (non-hydrogen) atoms. The molecule has 114 valence electrons. The van der Waals surface area contributed by atoms with Crippen LogP contribution in [-0.4, -0.2) is 32.0 Å². The molecule has 1 N–H and O–H groups in total. The first-order chi connectivity index (χ1) is 9.85. The van der Waals surface area contributed by atoms with Crippen LogP contribution in [0.1, 0.15) is 11.7 Å². The van der Waals surface area contributed by atoms with Gasteiger partial charge in [-0.25, -0.2) is 0 Å². The summed E-state index contributed by atoms with van der Waals surface area (Å²) >= 11 is 1.30. The van der Waals surface area contributed by atoms with Crippen LogP contribution in [0.15, 0.2) is 35.7 Å². The molecule has 0 bridgehead atoms. The van der Waals surface area contributed by atoms with Crippen molar-refractivity contribution in [2.45, 2.75) is 17.6 Å². The molecule has 0 unspecified atom stereocenters. The van der Waals surface area contributed by atoms with Gasteiger partial charge in [0.1, 0.15) is 12.1 Å². The largest absolute Gasteiger partial charge is 0.573 e. The molecule has 1 heterocycles. The Bertz CT molecular complexity index is 586. The monoisotopic (exact) mass is 319 g/mol. The average molecular weight is 319 g/mol. The summed E-state index contributed by atoms with van der Waals surface area (Å²) in [6, 6.07) is 5.12. The van der Waals surface area contributed by atoms with Crippen molar-refractivity contribution < 1.29 is 23.0 Å². The van der Waals surface area contributed by atoms with Crippen molar-refractivity contribution in [3.8, 4) is 5.75 Å². The summed E-state index contributed by atoms with van der Waals surface area (Å²) in [4.78, 5) is 0. The molecule has 5 nitrogen and oxygen atoms in total. The molecule has 0 saturated carbocycles. The molecule has 1 atom stereocenters. The molecular weight excluding hydrogens is 307 g/mol. The Balaban J connectivity index is 1.93. The van der Waals surface area contributed by atoms with Crippen LogP contribution in [0.2, 0.25) is 0 Å². The summed E-state index contributed by atoms with van der Waals surface area (Å²) in [6.45, 7) is 0. The lowest BCUT2D eigenvalue weighted by Crippen LogP contribution is -2.17. The van der Waals surface area contributed by atoms with Crippen molar-refractivity contribution in [1.82, 2.24) is 14.8 Å². The number of aromatic nitrogens is 3. The molecule has 0 fully saturated rings. The molecule has 0 radical (unpaired) electrons. The molecule has 0 aliphatic carbocycles. The van der Waals surface area contributed by atoms with Gasteiger partial charge in [0.2, 0.25) is 0 Å². The average Bonchev–Trinajstić information content (AvgIpc) is 2.80. The zero-order valence-corrected chi connectivity index (χ0v) is 11.7. The van der Waals surface area contributed by atoms with E-state index in [-0.39, 0.29) is 5.75 Å². The highest BCUT2D eigenvalue weighted by Crippen LogP contribution is 2.26. The lowest BCUT2D eigenvalue weighted by Gasteiger charge is -2.12. The van der Waals surface area contributed by atoms with Gasteiger partial charge in [-0.2, -0.15) is 0 Å². The second kappa shape index (κ2) is 6.35. The van der Waals surface area contributed by atoms with Crippen molar-refractivity contribution in [1.29, 1.82) is 0 Å². The van der Waals surface area contributed by atoms with Crippen molar-refractivity contribution in [3.05, 3.63) is 36.2 Å². The fraction of sp³-hybridized carbons (Fsp3) is 0.333. The van der Waals surface area contributed by atoms with Gasteiger partial charge in [-0.3, -0.25) is 0 Å². The maximum atomic E-state index is 12.0. The quantitative estimate of drug-likeness (QED) is 0.858. The smallest absolute Gasteiger partial charge is 0.406 e. The van der Waals surface area contributed by atoms with Crippen LogP contribution in [0.5, 0.6) is 5.75 Å². The van der Waals surface area contributed by atoms with E-state index in [9.17, 15) is 18.3 Å². The van der Waals surface area contributed by atoms with E-state index in [1.165, 1.54) is 42.4 Å². The Kier molecular flexibility index (Phi) is 4.73. The number of halogens is 3. The third kappa shape index (κ3) is 4.64. The zero-order valence-electron chi connectivity index (χ0n) is 10.9. The SMILES string of the molecule is Cn1cnnc1SC[C@@H](O)c1ccc(OC(F)(F)F)cc1. The summed E-state index contributed by atoms with van der Waals surface area (Å²) < 4.78 is 41.5. The normalized spacial score (nSPS) is 13.2. The first-order valence-corrected chi connectivity index (χ1v) is 6.84. The van der Waals surface area contributed by atoms with E-state index in [0.29, 0.717) is 16.5 Å². The lowest BCUT2D eigenvalue weighted by atomic mass is 10.1. The summed E-state index contributed by atoms with van der Waals surface area (Å²) in [7, 11) is 1.78. The number of ether oxygens (including phenoxy) is 1. The summed E-state index contributed by atoms with van der Waals surface area (Å²) in [6.07, 6.45) is -4.01. The Hall–Kier alpha value is -1.74. The number of hydrogen-bond acceptors (Lipinski definition) is 5. The number of benzene rings is 1. The lowest BCUT2D eigenvalue weighted by molar-refractivity contribution is -0.274. The number of rotatable bonds is 5. The Morgan fingerprint density at radius 2 is 2.00 bits per heavy atom. The van der Waals surface area contributed by atoms with Crippen LogP contribution < -0.4 is 4.74 Å². The van der Waals surface area contributed by atoms with E-state index in [0.717, 1.165) is 0 Å². The predicted octanol–water partition coefficient (Wildman–Crippen LogP) is 2.54. The number of nitrogens with zero attached hydrogens (tertiary/aromatic N) is 3. The van der Waals surface area contributed by atoms with Crippen LogP contribution in [0.4, 0.5) is 13.2 Å². The molecule has 1 aromatic heterocycles. The minimum Gasteiger partial charge on any atom is -0.406 e. The number of alkyl halides is 3. The van der Waals surface area contributed by atoms with Gasteiger partial charge in [-0.15, -0.1) is 23.4 Å². The van der Waals surface area contributed by atoms with Gasteiger partial charge < -0.3 is 14.4 Å². The standard InChI is InChI=1S/C12H12F3N3O2S/c1-18-7-16-17-11(18)21-6-10(19)8-2-4-9(5-3-8)20-12(13,14)15/h2-5,7,10,19H,6H2,1H3/t10-/m1/s1. The minimum absolute atomic E-state index is 0.312. The number of aliphatic hydroxyl groups is 1. The maximum Gasteiger partial charge on any atom is 0.573 e. The Morgan fingerprint density at radius 1 is 1.33 bits per heavy atom. The molecule has 0 saturated heterocycles. The zero-order chi connectivity index (χ0) is 15.5. The van der Waals surface area contributed by atoms with Crippen LogP contribution in [0, 0.1) is 0 Å². The fourth-order valence-electron chi connectivity index (χ4n) is 1.54. The highest BCUT2D eigenvalue weighted by molar-refractivity contribution is 7.99. The fourth-order valence-corrected chi connectivity index (χ4v) is 2.40. The van der Waals surface area contributed by atoms with Crippen LogP contribution in [-0.2, 0) is 7.05 Å². The summed E-state index contributed by atoms with van der Waals surface area (Å²) in [5, 5.41) is 18.2. The van der Waals surface area contributed by atoms with Crippen molar-refractivity contribution in [2.24, 2.45) is 7.05 Å². The number of hydrogen-bond donors (Lipinski definition) is 1. The molecular formula is C12H12F3N3O2S. The van der Waals surface area contributed by atoms with Gasteiger partial charge in [0, 0.05) is 12.8 Å². The molecule has 9 heteroatoms. The molecule has 1 aromatic carbocycles. The summed E-state index contributed by atoms with van der Waals surface area (Å²) in [5.41, 5.74) is 0.499. The maximum absolute atomic E-state index is 12.0. The second-order valence-electron chi connectivity index (χ2n) is 4.17. The van der Waals surface area contributed by atoms with Gasteiger partial charge in [-0.05, 0) is 17.7 Å². The molecule has 0 aliphatic rings. The van der Waals surface area contributed by atoms with Gasteiger partial charge >= 0.3 is 6.36 Å². The van der Waals surface area contributed by atoms with Crippen LogP contribution in [0.25, 0.3) is 0 Å². The van der Waals surface area contributed by atoms with Gasteiger partial charge in [0.25, 0.3) is 0 Å². The van der Waals surface area contributed by atoms with E-state index in [1.807, 2.05) is 0 Å². The van der Waals surface area contributed by atoms with Crippen LogP contribution in [0.3, 0.4) is 0 Å². The third-order valence-electron chi connectivity index (χ3n) is 2.54. The number of aliphatic hydroxyl groups excluding tert-OH is 1. The van der Waals surface area contributed by atoms with Gasteiger partial charge in [0.05, 0.1) is 6.10 Å². The number of thioether (sulfide) groups is 1. The molecule has 0 aliphatic heterocycles. The molecule has 0 spiro atoms. The summed E-state index contributed by atoms with van der Waals surface area (Å²) in [5.74, 6) is -0.00848. The number of aryl methyl sites for hydroxylation is 1. The molecule has 2 rings (SSSR count). The van der Waals surface area contributed by atoms with Crippen molar-refractivity contribution in [2.75, 3.05) is 5.75 Å². The van der Waals surface area contributed by atoms with Gasteiger partial charge in [-0.1, -0.05) is 23.9 Å². The van der Waals surface area contributed by atoms with E-state index < -0.39 is 12.5 Å². The third-order valence-corrected chi connectivity index (χ3v) is 3.65. The van der Waals surface area contributed by atoms with E-state index in [4.69, 9.17) is 0 Å². The Morgan fingerprint density at radius 3 is 2.52 bits per heavy atom. The second-order valence-corrected chi connectivity index (χ2v) is 5.16. The Labute approximate surface area is 122 Å². The highest BCUT2D eigenvalue weighted by atomic mass is 32.2. The topological polar surface area (TPSA) is 60.2 Å². The first kappa shape index (κ1) is 15.6.